The first-order valence-electron chi connectivity index (χ1n) is 4.61. The van der Waals surface area contributed by atoms with Gasteiger partial charge in [-0.15, -0.1) is 0 Å². The second-order valence-electron chi connectivity index (χ2n) is 3.66. The van der Waals surface area contributed by atoms with Crippen molar-refractivity contribution in [2.45, 2.75) is 32.6 Å². The quantitative estimate of drug-likeness (QED) is 0.614. The van der Waals surface area contributed by atoms with Crippen LogP contribution in [-0.2, 0) is 0 Å². The predicted octanol–water partition coefficient (Wildman–Crippen LogP) is 1.95. The second-order valence-corrected chi connectivity index (χ2v) is 3.66. The molecule has 1 aromatic rings. The highest BCUT2D eigenvalue weighted by Crippen LogP contribution is 2.37. The van der Waals surface area contributed by atoms with Gasteiger partial charge >= 0.3 is 5.89 Å². The summed E-state index contributed by atoms with van der Waals surface area (Å²) in [5.41, 5.74) is 0. The molecule has 1 heterocycles. The van der Waals surface area contributed by atoms with Gasteiger partial charge in [0.25, 0.3) is 0 Å². The van der Waals surface area contributed by atoms with E-state index in [1.807, 2.05) is 13.8 Å². The zero-order valence-electron chi connectivity index (χ0n) is 7.87. The Labute approximate surface area is 77.5 Å². The largest absolute Gasteiger partial charge is 0.325 e. The van der Waals surface area contributed by atoms with Gasteiger partial charge in [-0.3, -0.25) is 0 Å². The Morgan fingerprint density at radius 3 is 2.85 bits per heavy atom. The third-order valence-electron chi connectivity index (χ3n) is 1.85. The lowest BCUT2D eigenvalue weighted by Crippen LogP contribution is -1.82. The molecule has 0 amide bonds. The van der Waals surface area contributed by atoms with Gasteiger partial charge in [0.15, 0.2) is 5.82 Å². The third-order valence-corrected chi connectivity index (χ3v) is 1.85. The molecule has 0 spiro atoms. The topological polar surface area (TPSA) is 38.9 Å². The summed E-state index contributed by atoms with van der Waals surface area (Å²) in [5.74, 6) is 8.01. The molecule has 0 saturated heterocycles. The van der Waals surface area contributed by atoms with Crippen LogP contribution in [0.2, 0.25) is 0 Å². The summed E-state index contributed by atoms with van der Waals surface area (Å²) >= 11 is 0. The van der Waals surface area contributed by atoms with Crippen LogP contribution in [0.3, 0.4) is 0 Å². The normalized spacial score (nSPS) is 15.6. The Balaban J connectivity index is 2.09. The van der Waals surface area contributed by atoms with Crippen molar-refractivity contribution in [1.82, 2.24) is 10.1 Å². The Morgan fingerprint density at radius 1 is 1.46 bits per heavy atom. The van der Waals surface area contributed by atoms with Crippen LogP contribution < -0.4 is 0 Å². The van der Waals surface area contributed by atoms with Crippen molar-refractivity contribution in [1.29, 1.82) is 0 Å². The van der Waals surface area contributed by atoms with E-state index >= 15 is 0 Å². The lowest BCUT2D eigenvalue weighted by Gasteiger charge is -1.83. The lowest BCUT2D eigenvalue weighted by atomic mass is 10.2. The standard InChI is InChI=1S/C10H12N2O/c1-7(2)3-6-9-11-10(12-13-9)8-4-5-8/h7-8H,4-5H2,1-2H3. The molecule has 3 heteroatoms. The molecule has 1 fully saturated rings. The summed E-state index contributed by atoms with van der Waals surface area (Å²) in [4.78, 5) is 4.19. The maximum absolute atomic E-state index is 4.98. The molecular weight excluding hydrogens is 164 g/mol. The summed E-state index contributed by atoms with van der Waals surface area (Å²) in [6.07, 6.45) is 2.38. The number of hydrogen-bond acceptors (Lipinski definition) is 3. The van der Waals surface area contributed by atoms with Gasteiger partial charge < -0.3 is 4.52 Å². The van der Waals surface area contributed by atoms with Crippen LogP contribution in [-0.4, -0.2) is 10.1 Å². The molecule has 3 nitrogen and oxygen atoms in total. The molecule has 2 rings (SSSR count). The number of rotatable bonds is 1. The van der Waals surface area contributed by atoms with Crippen LogP contribution in [0.25, 0.3) is 0 Å². The van der Waals surface area contributed by atoms with Gasteiger partial charge in [0.1, 0.15) is 0 Å². The van der Waals surface area contributed by atoms with E-state index in [2.05, 4.69) is 22.0 Å². The van der Waals surface area contributed by atoms with E-state index < -0.39 is 0 Å². The highest BCUT2D eigenvalue weighted by molar-refractivity contribution is 5.19. The molecule has 0 aliphatic heterocycles. The maximum atomic E-state index is 4.98. The molecule has 13 heavy (non-hydrogen) atoms. The average Bonchev–Trinajstić information content (AvgIpc) is 2.83. The van der Waals surface area contributed by atoms with Crippen LogP contribution in [0.5, 0.6) is 0 Å². The number of hydrogen-bond donors (Lipinski definition) is 0. The molecule has 1 aliphatic carbocycles. The molecule has 1 aliphatic rings. The Kier molecular flexibility index (Phi) is 2.05. The third kappa shape index (κ3) is 2.09. The SMILES string of the molecule is CC(C)C#Cc1nc(C2CC2)no1. The molecule has 1 aromatic heterocycles. The monoisotopic (exact) mass is 176 g/mol. The number of aromatic nitrogens is 2. The van der Waals surface area contributed by atoms with E-state index in [9.17, 15) is 0 Å². The second kappa shape index (κ2) is 3.21. The van der Waals surface area contributed by atoms with E-state index in [4.69, 9.17) is 4.52 Å². The van der Waals surface area contributed by atoms with Gasteiger partial charge in [-0.1, -0.05) is 24.9 Å². The van der Waals surface area contributed by atoms with E-state index in [0.29, 0.717) is 17.7 Å². The van der Waals surface area contributed by atoms with Crippen LogP contribution in [0.1, 0.15) is 44.3 Å². The van der Waals surface area contributed by atoms with E-state index in [0.717, 1.165) is 5.82 Å². The van der Waals surface area contributed by atoms with Crippen molar-refractivity contribution in [2.75, 3.05) is 0 Å². The Hall–Kier alpha value is -1.30. The molecule has 68 valence electrons. The minimum Gasteiger partial charge on any atom is -0.325 e. The molecule has 0 aromatic carbocycles. The average molecular weight is 176 g/mol. The zero-order chi connectivity index (χ0) is 9.26. The molecule has 0 radical (unpaired) electrons. The molecule has 0 atom stereocenters. The summed E-state index contributed by atoms with van der Waals surface area (Å²) in [6.45, 7) is 4.07. The Morgan fingerprint density at radius 2 is 2.23 bits per heavy atom. The highest BCUT2D eigenvalue weighted by atomic mass is 16.5. The fraction of sp³-hybridized carbons (Fsp3) is 0.600. The Bertz CT molecular complexity index is 352. The minimum atomic E-state index is 0.344. The first-order chi connectivity index (χ1) is 6.25. The zero-order valence-corrected chi connectivity index (χ0v) is 7.87. The van der Waals surface area contributed by atoms with E-state index in [1.54, 1.807) is 0 Å². The van der Waals surface area contributed by atoms with Gasteiger partial charge in [-0.05, 0) is 18.8 Å². The predicted molar refractivity (Wildman–Crippen MR) is 48.0 cm³/mol. The van der Waals surface area contributed by atoms with Crippen molar-refractivity contribution < 1.29 is 4.52 Å². The first-order valence-corrected chi connectivity index (χ1v) is 4.61. The van der Waals surface area contributed by atoms with Crippen LogP contribution in [0.4, 0.5) is 0 Å². The van der Waals surface area contributed by atoms with Crippen molar-refractivity contribution in [2.24, 2.45) is 5.92 Å². The summed E-state index contributed by atoms with van der Waals surface area (Å²) in [5, 5.41) is 3.87. The van der Waals surface area contributed by atoms with Crippen LogP contribution in [0.15, 0.2) is 4.52 Å². The molecular formula is C10H12N2O. The lowest BCUT2D eigenvalue weighted by molar-refractivity contribution is 0.401. The maximum Gasteiger partial charge on any atom is 0.302 e. The van der Waals surface area contributed by atoms with E-state index in [1.165, 1.54) is 12.8 Å². The summed E-state index contributed by atoms with van der Waals surface area (Å²) in [6, 6.07) is 0. The van der Waals surface area contributed by atoms with E-state index in [-0.39, 0.29) is 0 Å². The van der Waals surface area contributed by atoms with Crippen molar-refractivity contribution in [3.63, 3.8) is 0 Å². The fourth-order valence-electron chi connectivity index (χ4n) is 0.999. The molecule has 0 bridgehead atoms. The van der Waals surface area contributed by atoms with Crippen molar-refractivity contribution >= 4 is 0 Å². The van der Waals surface area contributed by atoms with Gasteiger partial charge in [0.2, 0.25) is 0 Å². The molecule has 0 unspecified atom stereocenters. The van der Waals surface area contributed by atoms with Gasteiger partial charge in [0, 0.05) is 11.8 Å². The fourth-order valence-corrected chi connectivity index (χ4v) is 0.999. The van der Waals surface area contributed by atoms with Crippen LogP contribution >= 0.6 is 0 Å². The van der Waals surface area contributed by atoms with Gasteiger partial charge in [-0.25, -0.2) is 0 Å². The minimum absolute atomic E-state index is 0.344. The number of nitrogens with zero attached hydrogens (tertiary/aromatic N) is 2. The van der Waals surface area contributed by atoms with Gasteiger partial charge in [-0.2, -0.15) is 4.98 Å². The van der Waals surface area contributed by atoms with Gasteiger partial charge in [0.05, 0.1) is 0 Å². The van der Waals surface area contributed by atoms with Crippen molar-refractivity contribution in [3.8, 4) is 11.8 Å². The highest BCUT2D eigenvalue weighted by Gasteiger charge is 2.28. The summed E-state index contributed by atoms with van der Waals surface area (Å²) in [7, 11) is 0. The van der Waals surface area contributed by atoms with Crippen molar-refractivity contribution in [3.05, 3.63) is 11.7 Å². The van der Waals surface area contributed by atoms with Crippen LogP contribution in [0, 0.1) is 17.8 Å². The first kappa shape index (κ1) is 8.31. The smallest absolute Gasteiger partial charge is 0.302 e. The molecule has 1 saturated carbocycles. The summed E-state index contributed by atoms with van der Waals surface area (Å²) < 4.78 is 4.98. The molecule has 0 N–H and O–H groups in total.